The molecule has 0 aliphatic heterocycles. The Hall–Kier alpha value is -2.56. The normalized spacial score (nSPS) is 11.2. The van der Waals surface area contributed by atoms with Gasteiger partial charge in [0.15, 0.2) is 0 Å². The predicted octanol–water partition coefficient (Wildman–Crippen LogP) is 3.39. The molecule has 0 aliphatic rings. The number of methoxy groups -OCH3 is 1. The third kappa shape index (κ3) is 2.31. The van der Waals surface area contributed by atoms with Crippen LogP contribution in [0, 0.1) is 0 Å². The molecule has 5 heteroatoms. The third-order valence-corrected chi connectivity index (χ3v) is 3.40. The quantitative estimate of drug-likeness (QED) is 0.800. The predicted molar refractivity (Wildman–Crippen MR) is 81.6 cm³/mol. The highest BCUT2D eigenvalue weighted by Crippen LogP contribution is 2.31. The van der Waals surface area contributed by atoms with Gasteiger partial charge in [0.05, 0.1) is 24.3 Å². The molecule has 0 amide bonds. The van der Waals surface area contributed by atoms with Gasteiger partial charge in [0.1, 0.15) is 17.3 Å². The van der Waals surface area contributed by atoms with Crippen LogP contribution in [-0.4, -0.2) is 26.8 Å². The van der Waals surface area contributed by atoms with E-state index in [0.717, 1.165) is 28.2 Å². The molecule has 2 heterocycles. The summed E-state index contributed by atoms with van der Waals surface area (Å²) >= 11 is 0. The topological polar surface area (TPSA) is 60.2 Å². The smallest absolute Gasteiger partial charge is 0.143 e. The molecule has 0 saturated carbocycles. The average Bonchev–Trinajstić information content (AvgIpc) is 2.85. The van der Waals surface area contributed by atoms with E-state index in [1.807, 2.05) is 18.2 Å². The van der Waals surface area contributed by atoms with Gasteiger partial charge in [0.2, 0.25) is 0 Å². The van der Waals surface area contributed by atoms with Crippen molar-refractivity contribution in [3.05, 3.63) is 36.7 Å². The van der Waals surface area contributed by atoms with Gasteiger partial charge in [-0.2, -0.15) is 0 Å². The van der Waals surface area contributed by atoms with Gasteiger partial charge in [0, 0.05) is 23.9 Å². The van der Waals surface area contributed by atoms with Gasteiger partial charge in [-0.05, 0) is 32.0 Å². The van der Waals surface area contributed by atoms with Crippen molar-refractivity contribution in [3.63, 3.8) is 0 Å². The maximum absolute atomic E-state index is 9.64. The zero-order chi connectivity index (χ0) is 15.0. The van der Waals surface area contributed by atoms with E-state index in [4.69, 9.17) is 4.74 Å². The van der Waals surface area contributed by atoms with E-state index in [-0.39, 0.29) is 11.8 Å². The highest BCUT2D eigenvalue weighted by atomic mass is 16.5. The minimum Gasteiger partial charge on any atom is -0.506 e. The van der Waals surface area contributed by atoms with Gasteiger partial charge in [-0.3, -0.25) is 4.98 Å². The third-order valence-electron chi connectivity index (χ3n) is 3.40. The molecule has 108 valence electrons. The van der Waals surface area contributed by atoms with Crippen LogP contribution in [-0.2, 0) is 0 Å². The molecule has 0 saturated heterocycles. The molecule has 0 atom stereocenters. The second-order valence-electron chi connectivity index (χ2n) is 5.19. The Kier molecular flexibility index (Phi) is 3.25. The first-order valence-corrected chi connectivity index (χ1v) is 6.80. The Balaban J connectivity index is 2.28. The van der Waals surface area contributed by atoms with E-state index in [1.165, 1.54) is 6.20 Å². The maximum atomic E-state index is 9.64. The molecule has 3 rings (SSSR count). The zero-order valence-corrected chi connectivity index (χ0v) is 12.2. The van der Waals surface area contributed by atoms with Crippen LogP contribution in [0.25, 0.3) is 22.4 Å². The van der Waals surface area contributed by atoms with E-state index in [2.05, 4.69) is 28.4 Å². The summed E-state index contributed by atoms with van der Waals surface area (Å²) < 4.78 is 7.39. The average molecular weight is 283 g/mol. The van der Waals surface area contributed by atoms with Gasteiger partial charge < -0.3 is 14.4 Å². The number of aromatic nitrogens is 3. The molecule has 21 heavy (non-hydrogen) atoms. The van der Waals surface area contributed by atoms with Gasteiger partial charge in [-0.15, -0.1) is 0 Å². The first-order chi connectivity index (χ1) is 10.1. The van der Waals surface area contributed by atoms with Crippen LogP contribution < -0.4 is 4.74 Å². The first kappa shape index (κ1) is 13.4. The van der Waals surface area contributed by atoms with Gasteiger partial charge in [-0.25, -0.2) is 4.98 Å². The summed E-state index contributed by atoms with van der Waals surface area (Å²) in [5, 5.41) is 9.64. The molecule has 5 nitrogen and oxygen atoms in total. The van der Waals surface area contributed by atoms with Crippen molar-refractivity contribution < 1.29 is 9.84 Å². The zero-order valence-electron chi connectivity index (χ0n) is 12.2. The van der Waals surface area contributed by atoms with Crippen molar-refractivity contribution >= 4 is 11.0 Å². The van der Waals surface area contributed by atoms with Crippen molar-refractivity contribution in [2.24, 2.45) is 0 Å². The number of rotatable bonds is 3. The highest BCUT2D eigenvalue weighted by molar-refractivity contribution is 5.82. The van der Waals surface area contributed by atoms with E-state index in [1.54, 1.807) is 19.4 Å². The molecule has 1 N–H and O–H groups in total. The monoisotopic (exact) mass is 283 g/mol. The van der Waals surface area contributed by atoms with Crippen molar-refractivity contribution in [3.8, 4) is 22.9 Å². The summed E-state index contributed by atoms with van der Waals surface area (Å²) in [6.07, 6.45) is 3.12. The number of hydrogen-bond donors (Lipinski definition) is 1. The summed E-state index contributed by atoms with van der Waals surface area (Å²) in [5.74, 6) is 1.69. The van der Waals surface area contributed by atoms with Crippen molar-refractivity contribution in [1.82, 2.24) is 14.5 Å². The van der Waals surface area contributed by atoms with Crippen LogP contribution in [0.15, 0.2) is 36.7 Å². The van der Waals surface area contributed by atoms with Crippen molar-refractivity contribution in [2.45, 2.75) is 19.9 Å². The summed E-state index contributed by atoms with van der Waals surface area (Å²) in [4.78, 5) is 8.72. The SMILES string of the molecule is COc1ccc2c(c1)nc(-c1cncc(O)c1)n2C(C)C. The lowest BCUT2D eigenvalue weighted by Crippen LogP contribution is -2.03. The molecule has 0 fully saturated rings. The van der Waals surface area contributed by atoms with Crippen LogP contribution >= 0.6 is 0 Å². The standard InChI is InChI=1S/C16H17N3O2/c1-10(2)19-15-5-4-13(21-3)7-14(15)18-16(19)11-6-12(20)9-17-8-11/h4-10,20H,1-3H3. The van der Waals surface area contributed by atoms with Crippen LogP contribution in [0.4, 0.5) is 0 Å². The summed E-state index contributed by atoms with van der Waals surface area (Å²) in [5.41, 5.74) is 2.68. The van der Waals surface area contributed by atoms with Gasteiger partial charge >= 0.3 is 0 Å². The van der Waals surface area contributed by atoms with Crippen LogP contribution in [0.2, 0.25) is 0 Å². The van der Waals surface area contributed by atoms with E-state index in [9.17, 15) is 5.11 Å². The Morgan fingerprint density at radius 1 is 1.19 bits per heavy atom. The molecule has 0 radical (unpaired) electrons. The fraction of sp³-hybridized carbons (Fsp3) is 0.250. The van der Waals surface area contributed by atoms with E-state index in [0.29, 0.717) is 0 Å². The molecule has 0 spiro atoms. The van der Waals surface area contributed by atoms with Crippen LogP contribution in [0.5, 0.6) is 11.5 Å². The molecule has 2 aromatic heterocycles. The second-order valence-corrected chi connectivity index (χ2v) is 5.19. The first-order valence-electron chi connectivity index (χ1n) is 6.80. The number of nitrogens with zero attached hydrogens (tertiary/aromatic N) is 3. The number of aromatic hydroxyl groups is 1. The number of imidazole rings is 1. The lowest BCUT2D eigenvalue weighted by Gasteiger charge is -2.13. The Morgan fingerprint density at radius 2 is 2.00 bits per heavy atom. The Morgan fingerprint density at radius 3 is 2.67 bits per heavy atom. The van der Waals surface area contributed by atoms with Gasteiger partial charge in [-0.1, -0.05) is 0 Å². The molecule has 0 unspecified atom stereocenters. The number of hydrogen-bond acceptors (Lipinski definition) is 4. The van der Waals surface area contributed by atoms with E-state index >= 15 is 0 Å². The van der Waals surface area contributed by atoms with Crippen molar-refractivity contribution in [2.75, 3.05) is 7.11 Å². The van der Waals surface area contributed by atoms with E-state index < -0.39 is 0 Å². The summed E-state index contributed by atoms with van der Waals surface area (Å²) in [6, 6.07) is 7.74. The summed E-state index contributed by atoms with van der Waals surface area (Å²) in [7, 11) is 1.64. The molecular weight excluding hydrogens is 266 g/mol. The molecule has 1 aromatic carbocycles. The Bertz CT molecular complexity index is 793. The molecule has 0 aliphatic carbocycles. The second kappa shape index (κ2) is 5.09. The molecular formula is C16H17N3O2. The minimum absolute atomic E-state index is 0.132. The molecule has 0 bridgehead atoms. The van der Waals surface area contributed by atoms with Gasteiger partial charge in [0.25, 0.3) is 0 Å². The number of ether oxygens (including phenoxy) is 1. The molecule has 3 aromatic rings. The maximum Gasteiger partial charge on any atom is 0.143 e. The fourth-order valence-electron chi connectivity index (χ4n) is 2.48. The Labute approximate surface area is 122 Å². The highest BCUT2D eigenvalue weighted by Gasteiger charge is 2.16. The number of pyridine rings is 1. The fourth-order valence-corrected chi connectivity index (χ4v) is 2.48. The minimum atomic E-state index is 0.132. The lowest BCUT2D eigenvalue weighted by molar-refractivity contribution is 0.415. The number of benzene rings is 1. The van der Waals surface area contributed by atoms with Crippen molar-refractivity contribution in [1.29, 1.82) is 0 Å². The lowest BCUT2D eigenvalue weighted by atomic mass is 10.2. The largest absolute Gasteiger partial charge is 0.506 e. The summed E-state index contributed by atoms with van der Waals surface area (Å²) in [6.45, 7) is 4.20. The van der Waals surface area contributed by atoms with Crippen LogP contribution in [0.1, 0.15) is 19.9 Å². The number of fused-ring (bicyclic) bond motifs is 1. The van der Waals surface area contributed by atoms with Crippen LogP contribution in [0.3, 0.4) is 0 Å².